The van der Waals surface area contributed by atoms with Crippen LogP contribution in [0.3, 0.4) is 0 Å². The second-order valence-corrected chi connectivity index (χ2v) is 3.85. The standard InChI is InChI=1S/C13H12F2O3/c1-3-17-12(16)13(14,15)11-8(2)9-6-4-5-7-10(9)18-11/h4-7H,3H2,1-2H3. The van der Waals surface area contributed by atoms with Crippen LogP contribution >= 0.6 is 0 Å². The van der Waals surface area contributed by atoms with E-state index in [2.05, 4.69) is 4.74 Å². The molecule has 0 atom stereocenters. The number of carbonyl (C=O) groups is 1. The van der Waals surface area contributed by atoms with Crippen LogP contribution in [0, 0.1) is 6.92 Å². The first-order valence-corrected chi connectivity index (χ1v) is 5.52. The van der Waals surface area contributed by atoms with Gasteiger partial charge in [0.05, 0.1) is 6.61 Å². The van der Waals surface area contributed by atoms with Crippen LogP contribution in [0.5, 0.6) is 0 Å². The number of hydrogen-bond donors (Lipinski definition) is 0. The monoisotopic (exact) mass is 254 g/mol. The van der Waals surface area contributed by atoms with E-state index in [0.717, 1.165) is 0 Å². The van der Waals surface area contributed by atoms with Gasteiger partial charge in [-0.1, -0.05) is 18.2 Å². The Bertz CT molecular complexity index is 587. The number of aryl methyl sites for hydroxylation is 1. The van der Waals surface area contributed by atoms with Crippen molar-refractivity contribution in [3.63, 3.8) is 0 Å². The fourth-order valence-electron chi connectivity index (χ4n) is 1.79. The van der Waals surface area contributed by atoms with Crippen LogP contribution in [0.25, 0.3) is 11.0 Å². The van der Waals surface area contributed by atoms with Crippen LogP contribution in [-0.2, 0) is 15.5 Å². The number of fused-ring (bicyclic) bond motifs is 1. The van der Waals surface area contributed by atoms with Gasteiger partial charge in [-0.15, -0.1) is 0 Å². The van der Waals surface area contributed by atoms with Crippen LogP contribution in [-0.4, -0.2) is 12.6 Å². The Kier molecular flexibility index (Phi) is 3.07. The lowest BCUT2D eigenvalue weighted by molar-refractivity contribution is -0.175. The van der Waals surface area contributed by atoms with Crippen molar-refractivity contribution in [2.75, 3.05) is 6.61 Å². The third-order valence-electron chi connectivity index (χ3n) is 2.66. The number of rotatable bonds is 3. The summed E-state index contributed by atoms with van der Waals surface area (Å²) in [6.07, 6.45) is 0. The van der Waals surface area contributed by atoms with Gasteiger partial charge in [-0.25, -0.2) is 4.79 Å². The number of hydrogen-bond acceptors (Lipinski definition) is 3. The van der Waals surface area contributed by atoms with Crippen molar-refractivity contribution in [2.24, 2.45) is 0 Å². The largest absolute Gasteiger partial charge is 0.461 e. The number of esters is 1. The Morgan fingerprint density at radius 1 is 1.39 bits per heavy atom. The second kappa shape index (κ2) is 4.40. The molecular formula is C13H12F2O3. The van der Waals surface area contributed by atoms with Crippen molar-refractivity contribution in [2.45, 2.75) is 19.8 Å². The van der Waals surface area contributed by atoms with Gasteiger partial charge in [0, 0.05) is 10.9 Å². The number of furan rings is 1. The van der Waals surface area contributed by atoms with Gasteiger partial charge < -0.3 is 9.15 Å². The van der Waals surface area contributed by atoms with Gasteiger partial charge in [-0.05, 0) is 19.9 Å². The molecule has 0 fully saturated rings. The van der Waals surface area contributed by atoms with Crippen molar-refractivity contribution >= 4 is 16.9 Å². The van der Waals surface area contributed by atoms with E-state index in [1.54, 1.807) is 24.3 Å². The lowest BCUT2D eigenvalue weighted by Crippen LogP contribution is -2.28. The normalized spacial score (nSPS) is 11.8. The van der Waals surface area contributed by atoms with Gasteiger partial charge in [0.15, 0.2) is 5.76 Å². The summed E-state index contributed by atoms with van der Waals surface area (Å²) in [5.74, 6) is -6.01. The highest BCUT2D eigenvalue weighted by Crippen LogP contribution is 2.37. The van der Waals surface area contributed by atoms with Gasteiger partial charge in [0.2, 0.25) is 0 Å². The molecule has 0 aliphatic heterocycles. The van der Waals surface area contributed by atoms with Crippen molar-refractivity contribution < 1.29 is 22.7 Å². The molecule has 0 aliphatic rings. The molecule has 1 aromatic heterocycles. The summed E-state index contributed by atoms with van der Waals surface area (Å²) in [7, 11) is 0. The van der Waals surface area contributed by atoms with Gasteiger partial charge in [0.1, 0.15) is 5.58 Å². The van der Waals surface area contributed by atoms with E-state index in [9.17, 15) is 13.6 Å². The van der Waals surface area contributed by atoms with Crippen molar-refractivity contribution in [1.82, 2.24) is 0 Å². The molecular weight excluding hydrogens is 242 g/mol. The summed E-state index contributed by atoms with van der Waals surface area (Å²) >= 11 is 0. The molecule has 5 heteroatoms. The molecule has 0 spiro atoms. The molecule has 1 heterocycles. The third kappa shape index (κ3) is 1.85. The Morgan fingerprint density at radius 2 is 2.06 bits per heavy atom. The lowest BCUT2D eigenvalue weighted by atomic mass is 10.1. The summed E-state index contributed by atoms with van der Waals surface area (Å²) in [5, 5.41) is 0.566. The minimum Gasteiger partial charge on any atom is -0.461 e. The molecule has 18 heavy (non-hydrogen) atoms. The Morgan fingerprint density at radius 3 is 2.67 bits per heavy atom. The number of carbonyl (C=O) groups excluding carboxylic acids is 1. The van der Waals surface area contributed by atoms with Crippen LogP contribution in [0.2, 0.25) is 0 Å². The van der Waals surface area contributed by atoms with E-state index in [1.165, 1.54) is 13.8 Å². The quantitative estimate of drug-likeness (QED) is 0.788. The lowest BCUT2D eigenvalue weighted by Gasteiger charge is -2.12. The summed E-state index contributed by atoms with van der Waals surface area (Å²) < 4.78 is 37.2. The summed E-state index contributed by atoms with van der Waals surface area (Å²) in [4.78, 5) is 11.3. The van der Waals surface area contributed by atoms with Gasteiger partial charge >= 0.3 is 11.9 Å². The van der Waals surface area contributed by atoms with Gasteiger partial charge in [-0.3, -0.25) is 0 Å². The minimum atomic E-state index is -3.76. The smallest absolute Gasteiger partial charge is 0.399 e. The van der Waals surface area contributed by atoms with E-state index in [1.807, 2.05) is 0 Å². The maximum atomic E-state index is 13.9. The molecule has 0 saturated carbocycles. The first kappa shape index (κ1) is 12.5. The van der Waals surface area contributed by atoms with E-state index in [-0.39, 0.29) is 12.2 Å². The molecule has 0 aliphatic carbocycles. The molecule has 3 nitrogen and oxygen atoms in total. The minimum absolute atomic E-state index is 0.103. The molecule has 2 rings (SSSR count). The average Bonchev–Trinajstić information content (AvgIpc) is 2.68. The van der Waals surface area contributed by atoms with Crippen LogP contribution in [0.1, 0.15) is 18.2 Å². The molecule has 96 valence electrons. The molecule has 1 aromatic carbocycles. The third-order valence-corrected chi connectivity index (χ3v) is 2.66. The van der Waals surface area contributed by atoms with E-state index < -0.39 is 17.7 Å². The number of benzene rings is 1. The molecule has 0 radical (unpaired) electrons. The van der Waals surface area contributed by atoms with Crippen molar-refractivity contribution in [1.29, 1.82) is 0 Å². The van der Waals surface area contributed by atoms with E-state index in [0.29, 0.717) is 11.0 Å². The zero-order valence-corrected chi connectivity index (χ0v) is 10.00. The zero-order valence-electron chi connectivity index (χ0n) is 10.00. The molecule has 2 aromatic rings. The predicted octanol–water partition coefficient (Wildman–Crippen LogP) is 3.40. The fraction of sp³-hybridized carbons (Fsp3) is 0.308. The van der Waals surface area contributed by atoms with Crippen LogP contribution < -0.4 is 0 Å². The molecule has 0 bridgehead atoms. The summed E-state index contributed by atoms with van der Waals surface area (Å²) in [6, 6.07) is 6.64. The maximum absolute atomic E-state index is 13.9. The highest BCUT2D eigenvalue weighted by molar-refractivity contribution is 5.86. The Hall–Kier alpha value is -1.91. The molecule has 0 amide bonds. The predicted molar refractivity (Wildman–Crippen MR) is 61.5 cm³/mol. The topological polar surface area (TPSA) is 39.4 Å². The molecule has 0 unspecified atom stereocenters. The zero-order chi connectivity index (χ0) is 13.3. The SMILES string of the molecule is CCOC(=O)C(F)(F)c1oc2ccccc2c1C. The number of ether oxygens (including phenoxy) is 1. The van der Waals surface area contributed by atoms with Crippen molar-refractivity contribution in [3.8, 4) is 0 Å². The maximum Gasteiger partial charge on any atom is 0.399 e. The summed E-state index contributed by atoms with van der Waals surface area (Å²) in [5.41, 5.74) is 0.581. The second-order valence-electron chi connectivity index (χ2n) is 3.85. The van der Waals surface area contributed by atoms with Crippen LogP contribution in [0.4, 0.5) is 8.78 Å². The summed E-state index contributed by atoms with van der Waals surface area (Å²) in [6.45, 7) is 2.86. The van der Waals surface area contributed by atoms with E-state index in [4.69, 9.17) is 4.42 Å². The molecule has 0 N–H and O–H groups in total. The Balaban J connectivity index is 2.53. The van der Waals surface area contributed by atoms with Gasteiger partial charge in [-0.2, -0.15) is 8.78 Å². The van der Waals surface area contributed by atoms with Gasteiger partial charge in [0.25, 0.3) is 0 Å². The number of alkyl halides is 2. The highest BCUT2D eigenvalue weighted by Gasteiger charge is 2.47. The van der Waals surface area contributed by atoms with Crippen LogP contribution in [0.15, 0.2) is 28.7 Å². The van der Waals surface area contributed by atoms with E-state index >= 15 is 0 Å². The number of para-hydroxylation sites is 1. The molecule has 0 saturated heterocycles. The fourth-order valence-corrected chi connectivity index (χ4v) is 1.79. The highest BCUT2D eigenvalue weighted by atomic mass is 19.3. The first-order chi connectivity index (χ1) is 8.48. The Labute approximate surface area is 102 Å². The first-order valence-electron chi connectivity index (χ1n) is 5.52. The average molecular weight is 254 g/mol. The number of halogens is 2. The van der Waals surface area contributed by atoms with Crippen molar-refractivity contribution in [3.05, 3.63) is 35.6 Å².